The molecular formula is C14H16N2O2S2. The van der Waals surface area contributed by atoms with Crippen LogP contribution in [-0.4, -0.2) is 28.0 Å². The first kappa shape index (κ1) is 15.1. The van der Waals surface area contributed by atoms with Gasteiger partial charge in [0.25, 0.3) is 5.22 Å². The number of ketones is 1. The molecule has 0 radical (unpaired) electrons. The van der Waals surface area contributed by atoms with Gasteiger partial charge >= 0.3 is 0 Å². The maximum atomic E-state index is 12.2. The minimum Gasteiger partial charge on any atom is -0.415 e. The SMILES string of the molecule is CSCc1nnc(SCC(=O)c2cc(C)ccc2C)o1. The molecule has 2 aromatic rings. The Morgan fingerprint density at radius 3 is 2.85 bits per heavy atom. The molecule has 0 N–H and O–H groups in total. The molecule has 0 saturated carbocycles. The lowest BCUT2D eigenvalue weighted by Crippen LogP contribution is -2.05. The number of carbonyl (C=O) groups excluding carboxylic acids is 1. The molecule has 0 amide bonds. The highest BCUT2D eigenvalue weighted by Crippen LogP contribution is 2.20. The van der Waals surface area contributed by atoms with Crippen molar-refractivity contribution in [2.45, 2.75) is 24.8 Å². The van der Waals surface area contributed by atoms with E-state index in [-0.39, 0.29) is 5.78 Å². The monoisotopic (exact) mass is 308 g/mol. The Hall–Kier alpha value is -1.27. The predicted octanol–water partition coefficient (Wildman–Crippen LogP) is 3.52. The lowest BCUT2D eigenvalue weighted by atomic mass is 10.0. The third-order valence-corrected chi connectivity index (χ3v) is 4.09. The summed E-state index contributed by atoms with van der Waals surface area (Å²) in [5.74, 6) is 1.68. The van der Waals surface area contributed by atoms with Crippen LogP contribution in [0.2, 0.25) is 0 Å². The van der Waals surface area contributed by atoms with E-state index in [2.05, 4.69) is 10.2 Å². The van der Waals surface area contributed by atoms with Crippen LogP contribution in [0, 0.1) is 13.8 Å². The minimum absolute atomic E-state index is 0.0841. The maximum absolute atomic E-state index is 12.2. The number of benzene rings is 1. The van der Waals surface area contributed by atoms with Crippen molar-refractivity contribution in [1.29, 1.82) is 0 Å². The highest BCUT2D eigenvalue weighted by molar-refractivity contribution is 7.99. The van der Waals surface area contributed by atoms with Crippen LogP contribution in [0.15, 0.2) is 27.8 Å². The fourth-order valence-electron chi connectivity index (χ4n) is 1.72. The number of aromatic nitrogens is 2. The van der Waals surface area contributed by atoms with Crippen LogP contribution in [0.3, 0.4) is 0 Å². The number of Topliss-reactive ketones (excluding diaryl/α,β-unsaturated/α-hetero) is 1. The molecule has 0 bridgehead atoms. The zero-order valence-electron chi connectivity index (χ0n) is 11.7. The lowest BCUT2D eigenvalue weighted by molar-refractivity contribution is 0.102. The van der Waals surface area contributed by atoms with Crippen molar-refractivity contribution < 1.29 is 9.21 Å². The molecule has 6 heteroatoms. The molecule has 4 nitrogen and oxygen atoms in total. The first-order valence-corrected chi connectivity index (χ1v) is 8.52. The van der Waals surface area contributed by atoms with Gasteiger partial charge in [0, 0.05) is 5.56 Å². The average molecular weight is 308 g/mol. The molecule has 1 aromatic heterocycles. The molecule has 0 unspecified atom stereocenters. The summed E-state index contributed by atoms with van der Waals surface area (Å²) in [6, 6.07) is 5.90. The zero-order valence-corrected chi connectivity index (χ0v) is 13.3. The lowest BCUT2D eigenvalue weighted by Gasteiger charge is -2.04. The number of aryl methyl sites for hydroxylation is 2. The first-order chi connectivity index (χ1) is 9.60. The summed E-state index contributed by atoms with van der Waals surface area (Å²) >= 11 is 2.91. The van der Waals surface area contributed by atoms with Gasteiger partial charge in [0.2, 0.25) is 5.89 Å². The van der Waals surface area contributed by atoms with E-state index in [4.69, 9.17) is 4.42 Å². The highest BCUT2D eigenvalue weighted by Gasteiger charge is 2.13. The van der Waals surface area contributed by atoms with Gasteiger partial charge in [-0.05, 0) is 31.7 Å². The summed E-state index contributed by atoms with van der Waals surface area (Å²) in [6.07, 6.45) is 1.97. The number of thioether (sulfide) groups is 2. The summed E-state index contributed by atoms with van der Waals surface area (Å²) in [7, 11) is 0. The molecule has 0 atom stereocenters. The fourth-order valence-corrected chi connectivity index (χ4v) is 2.75. The Kier molecular flexibility index (Phi) is 5.25. The van der Waals surface area contributed by atoms with Crippen LogP contribution < -0.4 is 0 Å². The van der Waals surface area contributed by atoms with Gasteiger partial charge in [-0.2, -0.15) is 11.8 Å². The third-order valence-electron chi connectivity index (χ3n) is 2.74. The number of rotatable bonds is 6. The van der Waals surface area contributed by atoms with Crippen molar-refractivity contribution in [3.8, 4) is 0 Å². The summed E-state index contributed by atoms with van der Waals surface area (Å²) in [6.45, 7) is 3.93. The Morgan fingerprint density at radius 2 is 2.10 bits per heavy atom. The molecule has 0 spiro atoms. The van der Waals surface area contributed by atoms with Gasteiger partial charge in [-0.15, -0.1) is 10.2 Å². The normalized spacial score (nSPS) is 10.8. The number of hydrogen-bond acceptors (Lipinski definition) is 6. The van der Waals surface area contributed by atoms with E-state index in [1.54, 1.807) is 11.8 Å². The zero-order chi connectivity index (χ0) is 14.5. The van der Waals surface area contributed by atoms with E-state index in [0.717, 1.165) is 16.7 Å². The van der Waals surface area contributed by atoms with Crippen molar-refractivity contribution in [3.63, 3.8) is 0 Å². The van der Waals surface area contributed by atoms with Gasteiger partial charge in [0.1, 0.15) is 0 Å². The smallest absolute Gasteiger partial charge is 0.277 e. The molecule has 0 aliphatic carbocycles. The summed E-state index contributed by atoms with van der Waals surface area (Å²) < 4.78 is 5.43. The van der Waals surface area contributed by atoms with Gasteiger partial charge in [0.15, 0.2) is 5.78 Å². The van der Waals surface area contributed by atoms with Crippen molar-refractivity contribution in [2.24, 2.45) is 0 Å². The second kappa shape index (κ2) is 6.95. The van der Waals surface area contributed by atoms with E-state index in [9.17, 15) is 4.79 Å². The van der Waals surface area contributed by atoms with E-state index < -0.39 is 0 Å². The summed E-state index contributed by atoms with van der Waals surface area (Å²) in [5.41, 5.74) is 2.85. The Labute approximate surface area is 126 Å². The predicted molar refractivity (Wildman–Crippen MR) is 82.5 cm³/mol. The van der Waals surface area contributed by atoms with E-state index in [1.807, 2.05) is 38.3 Å². The van der Waals surface area contributed by atoms with Crippen LogP contribution >= 0.6 is 23.5 Å². The van der Waals surface area contributed by atoms with Crippen molar-refractivity contribution >= 4 is 29.3 Å². The van der Waals surface area contributed by atoms with Gasteiger partial charge in [-0.3, -0.25) is 4.79 Å². The second-order valence-corrected chi connectivity index (χ2v) is 6.22. The van der Waals surface area contributed by atoms with Gasteiger partial charge in [-0.1, -0.05) is 29.5 Å². The molecule has 0 aliphatic rings. The minimum atomic E-state index is 0.0841. The average Bonchev–Trinajstić information content (AvgIpc) is 2.87. The number of nitrogens with zero attached hydrogens (tertiary/aromatic N) is 2. The second-order valence-electron chi connectivity index (χ2n) is 4.42. The first-order valence-electron chi connectivity index (χ1n) is 6.14. The molecular weight excluding hydrogens is 292 g/mol. The maximum Gasteiger partial charge on any atom is 0.277 e. The Balaban J connectivity index is 1.99. The van der Waals surface area contributed by atoms with Crippen LogP contribution in [0.5, 0.6) is 0 Å². The van der Waals surface area contributed by atoms with Crippen molar-refractivity contribution in [1.82, 2.24) is 10.2 Å². The van der Waals surface area contributed by atoms with E-state index in [1.165, 1.54) is 11.8 Å². The molecule has 1 heterocycles. The molecule has 0 aliphatic heterocycles. The highest BCUT2D eigenvalue weighted by atomic mass is 32.2. The molecule has 2 rings (SSSR count). The van der Waals surface area contributed by atoms with E-state index >= 15 is 0 Å². The molecule has 1 aromatic carbocycles. The molecule has 20 heavy (non-hydrogen) atoms. The van der Waals surface area contributed by atoms with Crippen molar-refractivity contribution in [3.05, 3.63) is 40.8 Å². The van der Waals surface area contributed by atoms with Crippen LogP contribution in [0.4, 0.5) is 0 Å². The van der Waals surface area contributed by atoms with Gasteiger partial charge in [-0.25, -0.2) is 0 Å². The van der Waals surface area contributed by atoms with E-state index in [0.29, 0.717) is 22.6 Å². The summed E-state index contributed by atoms with van der Waals surface area (Å²) in [4.78, 5) is 12.2. The standard InChI is InChI=1S/C14H16N2O2S2/c1-9-4-5-10(2)11(6-9)12(17)7-20-14-16-15-13(18-14)8-19-3/h4-6H,7-8H2,1-3H3. The summed E-state index contributed by atoms with van der Waals surface area (Å²) in [5, 5.41) is 8.29. The molecule has 106 valence electrons. The largest absolute Gasteiger partial charge is 0.415 e. The molecule has 0 fully saturated rings. The third kappa shape index (κ3) is 3.86. The fraction of sp³-hybridized carbons (Fsp3) is 0.357. The Morgan fingerprint density at radius 1 is 1.30 bits per heavy atom. The van der Waals surface area contributed by atoms with Crippen LogP contribution in [-0.2, 0) is 5.75 Å². The van der Waals surface area contributed by atoms with Crippen LogP contribution in [0.25, 0.3) is 0 Å². The number of hydrogen-bond donors (Lipinski definition) is 0. The van der Waals surface area contributed by atoms with Gasteiger partial charge < -0.3 is 4.42 Å². The van der Waals surface area contributed by atoms with Gasteiger partial charge in [0.05, 0.1) is 11.5 Å². The quantitative estimate of drug-likeness (QED) is 0.601. The Bertz CT molecular complexity index is 611. The molecule has 0 saturated heterocycles. The number of carbonyl (C=O) groups is 1. The topological polar surface area (TPSA) is 56.0 Å². The van der Waals surface area contributed by atoms with Crippen LogP contribution in [0.1, 0.15) is 27.4 Å². The van der Waals surface area contributed by atoms with Crippen molar-refractivity contribution in [2.75, 3.05) is 12.0 Å².